The number of ether oxygens (including phenoxy) is 2. The van der Waals surface area contributed by atoms with Crippen LogP contribution in [0.1, 0.15) is 5.56 Å². The lowest BCUT2D eigenvalue weighted by Crippen LogP contribution is -2.10. The third-order valence-corrected chi connectivity index (χ3v) is 2.77. The van der Waals surface area contributed by atoms with Crippen molar-refractivity contribution in [2.24, 2.45) is 4.99 Å². The van der Waals surface area contributed by atoms with Gasteiger partial charge in [0, 0.05) is 11.9 Å². The van der Waals surface area contributed by atoms with Crippen molar-refractivity contribution in [2.75, 3.05) is 19.5 Å². The van der Waals surface area contributed by atoms with Crippen LogP contribution in [-0.2, 0) is 4.79 Å². The van der Waals surface area contributed by atoms with Gasteiger partial charge in [0.2, 0.25) is 0 Å². The maximum atomic E-state index is 10.5. The van der Waals surface area contributed by atoms with Gasteiger partial charge in [0.05, 0.1) is 12.8 Å². The molecule has 0 saturated heterocycles. The fourth-order valence-electron chi connectivity index (χ4n) is 1.78. The van der Waals surface area contributed by atoms with E-state index in [2.05, 4.69) is 4.99 Å². The number of carboxylic acid groups (broad SMARTS) is 1. The second kappa shape index (κ2) is 7.12. The molecular formula is C16H16N2O4. The molecule has 0 heterocycles. The van der Waals surface area contributed by atoms with Gasteiger partial charge in [-0.1, -0.05) is 6.07 Å². The third-order valence-electron chi connectivity index (χ3n) is 2.77. The van der Waals surface area contributed by atoms with E-state index in [1.54, 1.807) is 36.5 Å². The van der Waals surface area contributed by atoms with E-state index in [1.807, 2.05) is 12.1 Å². The first kappa shape index (κ1) is 15.4. The normalized spacial score (nSPS) is 10.6. The standard InChI is InChI=1S/C16H16N2O4/c1-21-15-7-11(5-6-14(15)22-10-16(19)20)9-18-13-4-2-3-12(17)8-13/h2-9H,10,17H2,1H3,(H,19,20). The van der Waals surface area contributed by atoms with Crippen molar-refractivity contribution in [1.29, 1.82) is 0 Å². The minimum absolute atomic E-state index is 0.367. The molecule has 0 atom stereocenters. The Bertz CT molecular complexity index is 698. The Kier molecular flexibility index (Phi) is 4.98. The quantitative estimate of drug-likeness (QED) is 0.631. The molecule has 2 aromatic carbocycles. The fraction of sp³-hybridized carbons (Fsp3) is 0.125. The van der Waals surface area contributed by atoms with Crippen molar-refractivity contribution in [3.05, 3.63) is 48.0 Å². The summed E-state index contributed by atoms with van der Waals surface area (Å²) in [6.07, 6.45) is 1.66. The second-order valence-electron chi connectivity index (χ2n) is 4.45. The summed E-state index contributed by atoms with van der Waals surface area (Å²) in [5.74, 6) is -0.238. The van der Waals surface area contributed by atoms with Gasteiger partial charge in [0.15, 0.2) is 18.1 Å². The summed E-state index contributed by atoms with van der Waals surface area (Å²) in [6.45, 7) is -0.424. The summed E-state index contributed by atoms with van der Waals surface area (Å²) in [4.78, 5) is 14.8. The van der Waals surface area contributed by atoms with Crippen LogP contribution in [0.4, 0.5) is 11.4 Å². The molecule has 0 fully saturated rings. The first-order valence-electron chi connectivity index (χ1n) is 6.51. The number of rotatable bonds is 6. The Morgan fingerprint density at radius 1 is 1.27 bits per heavy atom. The Morgan fingerprint density at radius 3 is 2.77 bits per heavy atom. The Balaban J connectivity index is 2.16. The molecule has 0 amide bonds. The number of nitrogens with two attached hydrogens (primary N) is 1. The van der Waals surface area contributed by atoms with Crippen LogP contribution in [0.3, 0.4) is 0 Å². The summed E-state index contributed by atoms with van der Waals surface area (Å²) < 4.78 is 10.3. The number of anilines is 1. The van der Waals surface area contributed by atoms with Crippen LogP contribution in [0, 0.1) is 0 Å². The van der Waals surface area contributed by atoms with E-state index in [0.717, 1.165) is 11.3 Å². The molecule has 2 aromatic rings. The molecule has 3 N–H and O–H groups in total. The number of carbonyl (C=O) groups is 1. The van der Waals surface area contributed by atoms with Crippen LogP contribution >= 0.6 is 0 Å². The number of aliphatic imine (C=N–C) groups is 1. The molecule has 114 valence electrons. The largest absolute Gasteiger partial charge is 0.493 e. The van der Waals surface area contributed by atoms with Crippen molar-refractivity contribution in [3.63, 3.8) is 0 Å². The van der Waals surface area contributed by atoms with Crippen molar-refractivity contribution in [2.45, 2.75) is 0 Å². The van der Waals surface area contributed by atoms with Crippen LogP contribution in [0.25, 0.3) is 0 Å². The molecule has 0 aliphatic carbocycles. The molecule has 0 aliphatic rings. The van der Waals surface area contributed by atoms with Crippen molar-refractivity contribution in [3.8, 4) is 11.5 Å². The highest BCUT2D eigenvalue weighted by atomic mass is 16.5. The molecule has 0 saturated carbocycles. The van der Waals surface area contributed by atoms with Crippen LogP contribution in [0.15, 0.2) is 47.5 Å². The highest BCUT2D eigenvalue weighted by Gasteiger charge is 2.07. The number of nitrogen functional groups attached to an aromatic ring is 1. The van der Waals surface area contributed by atoms with E-state index in [4.69, 9.17) is 20.3 Å². The van der Waals surface area contributed by atoms with Gasteiger partial charge in [-0.05, 0) is 42.0 Å². The molecule has 6 nitrogen and oxygen atoms in total. The summed E-state index contributed by atoms with van der Waals surface area (Å²) in [5.41, 5.74) is 7.87. The van der Waals surface area contributed by atoms with Gasteiger partial charge in [0.1, 0.15) is 0 Å². The first-order valence-corrected chi connectivity index (χ1v) is 6.51. The Morgan fingerprint density at radius 2 is 2.09 bits per heavy atom. The Labute approximate surface area is 127 Å². The lowest BCUT2D eigenvalue weighted by molar-refractivity contribution is -0.139. The van der Waals surface area contributed by atoms with Gasteiger partial charge in [0.25, 0.3) is 0 Å². The number of benzene rings is 2. The van der Waals surface area contributed by atoms with Gasteiger partial charge < -0.3 is 20.3 Å². The molecule has 0 bridgehead atoms. The first-order chi connectivity index (χ1) is 10.6. The van der Waals surface area contributed by atoms with Gasteiger partial charge in [-0.15, -0.1) is 0 Å². The predicted octanol–water partition coefficient (Wildman–Crippen LogP) is 2.49. The molecule has 0 unspecified atom stereocenters. The van der Waals surface area contributed by atoms with Crippen molar-refractivity contribution >= 4 is 23.6 Å². The summed E-state index contributed by atoms with van der Waals surface area (Å²) in [7, 11) is 1.49. The second-order valence-corrected chi connectivity index (χ2v) is 4.45. The van der Waals surface area contributed by atoms with Crippen LogP contribution in [0.5, 0.6) is 11.5 Å². The number of hydrogen-bond acceptors (Lipinski definition) is 5. The predicted molar refractivity (Wildman–Crippen MR) is 84.2 cm³/mol. The highest BCUT2D eigenvalue weighted by molar-refractivity contribution is 5.83. The smallest absolute Gasteiger partial charge is 0.341 e. The molecule has 2 rings (SSSR count). The lowest BCUT2D eigenvalue weighted by atomic mass is 10.2. The summed E-state index contributed by atoms with van der Waals surface area (Å²) >= 11 is 0. The van der Waals surface area contributed by atoms with E-state index in [9.17, 15) is 4.79 Å². The average molecular weight is 300 g/mol. The van der Waals surface area contributed by atoms with Gasteiger partial charge in [-0.25, -0.2) is 4.79 Å². The van der Waals surface area contributed by atoms with E-state index in [1.165, 1.54) is 7.11 Å². The average Bonchev–Trinajstić information content (AvgIpc) is 2.51. The zero-order valence-corrected chi connectivity index (χ0v) is 12.0. The maximum Gasteiger partial charge on any atom is 0.341 e. The number of methoxy groups -OCH3 is 1. The SMILES string of the molecule is COc1cc(C=Nc2cccc(N)c2)ccc1OCC(=O)O. The van der Waals surface area contributed by atoms with Gasteiger partial charge in [-0.3, -0.25) is 4.99 Å². The summed E-state index contributed by atoms with van der Waals surface area (Å²) in [6, 6.07) is 12.3. The van der Waals surface area contributed by atoms with E-state index in [-0.39, 0.29) is 0 Å². The molecule has 0 spiro atoms. The van der Waals surface area contributed by atoms with Crippen LogP contribution < -0.4 is 15.2 Å². The number of nitrogens with zero attached hydrogens (tertiary/aromatic N) is 1. The number of carboxylic acids is 1. The van der Waals surface area contributed by atoms with E-state index in [0.29, 0.717) is 17.2 Å². The number of hydrogen-bond donors (Lipinski definition) is 2. The molecule has 0 aliphatic heterocycles. The minimum atomic E-state index is -1.05. The minimum Gasteiger partial charge on any atom is -0.493 e. The molecule has 22 heavy (non-hydrogen) atoms. The van der Waals surface area contributed by atoms with Crippen LogP contribution in [-0.4, -0.2) is 31.0 Å². The maximum absolute atomic E-state index is 10.5. The zero-order chi connectivity index (χ0) is 15.9. The van der Waals surface area contributed by atoms with Gasteiger partial charge in [-0.2, -0.15) is 0 Å². The Hall–Kier alpha value is -3.02. The topological polar surface area (TPSA) is 94.1 Å². The zero-order valence-electron chi connectivity index (χ0n) is 12.0. The lowest BCUT2D eigenvalue weighted by Gasteiger charge is -2.09. The molecule has 0 radical (unpaired) electrons. The van der Waals surface area contributed by atoms with Crippen molar-refractivity contribution in [1.82, 2.24) is 0 Å². The highest BCUT2D eigenvalue weighted by Crippen LogP contribution is 2.27. The monoisotopic (exact) mass is 300 g/mol. The van der Waals surface area contributed by atoms with Crippen LogP contribution in [0.2, 0.25) is 0 Å². The summed E-state index contributed by atoms with van der Waals surface area (Å²) in [5, 5.41) is 8.63. The third kappa shape index (κ3) is 4.24. The molecule has 0 aromatic heterocycles. The fourth-order valence-corrected chi connectivity index (χ4v) is 1.78. The van der Waals surface area contributed by atoms with E-state index >= 15 is 0 Å². The van der Waals surface area contributed by atoms with E-state index < -0.39 is 12.6 Å². The molecular weight excluding hydrogens is 284 g/mol. The number of aliphatic carboxylic acids is 1. The van der Waals surface area contributed by atoms with Crippen molar-refractivity contribution < 1.29 is 19.4 Å². The molecule has 6 heteroatoms. The van der Waals surface area contributed by atoms with Gasteiger partial charge >= 0.3 is 5.97 Å².